The van der Waals surface area contributed by atoms with E-state index in [1.54, 1.807) is 13.8 Å². The fourth-order valence-electron chi connectivity index (χ4n) is 2.08. The molecule has 1 heterocycles. The molecule has 1 rings (SSSR count). The number of carbonyl (C=O) groups is 1. The highest BCUT2D eigenvalue weighted by molar-refractivity contribution is 5.79. The molecular formula is C14H27NO4. The van der Waals surface area contributed by atoms with Gasteiger partial charge in [0.15, 0.2) is 0 Å². The van der Waals surface area contributed by atoms with E-state index < -0.39 is 5.54 Å². The molecule has 2 atom stereocenters. The van der Waals surface area contributed by atoms with Gasteiger partial charge in [-0.2, -0.15) is 0 Å². The molecule has 1 fully saturated rings. The molecule has 0 saturated carbocycles. The third-order valence-electron chi connectivity index (χ3n) is 3.30. The van der Waals surface area contributed by atoms with Crippen LogP contribution in [0.1, 0.15) is 46.0 Å². The average molecular weight is 273 g/mol. The van der Waals surface area contributed by atoms with E-state index in [2.05, 4.69) is 0 Å². The molecule has 19 heavy (non-hydrogen) atoms. The third kappa shape index (κ3) is 6.36. The molecule has 5 heteroatoms. The Morgan fingerprint density at radius 2 is 2.26 bits per heavy atom. The van der Waals surface area contributed by atoms with Crippen LogP contribution in [-0.2, 0) is 19.0 Å². The van der Waals surface area contributed by atoms with E-state index in [0.29, 0.717) is 26.2 Å². The van der Waals surface area contributed by atoms with Crippen molar-refractivity contribution in [3.05, 3.63) is 0 Å². The van der Waals surface area contributed by atoms with Crippen LogP contribution in [0.5, 0.6) is 0 Å². The van der Waals surface area contributed by atoms with Crippen LogP contribution in [0, 0.1) is 0 Å². The number of esters is 1. The Morgan fingerprint density at radius 1 is 1.47 bits per heavy atom. The molecule has 0 spiro atoms. The van der Waals surface area contributed by atoms with Gasteiger partial charge in [-0.3, -0.25) is 4.79 Å². The van der Waals surface area contributed by atoms with Gasteiger partial charge in [0.1, 0.15) is 5.54 Å². The maximum atomic E-state index is 11.6. The van der Waals surface area contributed by atoms with Crippen molar-refractivity contribution in [1.29, 1.82) is 0 Å². The SMILES string of the molecule is CCOC(=O)C(C)(N)CCCCOCC1CCCO1. The summed E-state index contributed by atoms with van der Waals surface area (Å²) in [6.45, 7) is 6.11. The van der Waals surface area contributed by atoms with Crippen LogP contribution in [0.2, 0.25) is 0 Å². The predicted octanol–water partition coefficient (Wildman–Crippen LogP) is 1.63. The molecule has 1 saturated heterocycles. The van der Waals surface area contributed by atoms with Gasteiger partial charge in [-0.25, -0.2) is 0 Å². The van der Waals surface area contributed by atoms with Gasteiger partial charge in [0.2, 0.25) is 0 Å². The summed E-state index contributed by atoms with van der Waals surface area (Å²) in [6, 6.07) is 0. The highest BCUT2D eigenvalue weighted by Crippen LogP contribution is 2.14. The first-order chi connectivity index (χ1) is 9.06. The molecule has 0 radical (unpaired) electrons. The van der Waals surface area contributed by atoms with Crippen LogP contribution in [0.4, 0.5) is 0 Å². The van der Waals surface area contributed by atoms with Crippen molar-refractivity contribution in [3.8, 4) is 0 Å². The van der Waals surface area contributed by atoms with E-state index in [1.165, 1.54) is 0 Å². The standard InChI is InChI=1S/C14H27NO4/c1-3-18-13(16)14(2,15)8-4-5-9-17-11-12-7-6-10-19-12/h12H,3-11,15H2,1-2H3. The summed E-state index contributed by atoms with van der Waals surface area (Å²) in [5.74, 6) is -0.324. The maximum Gasteiger partial charge on any atom is 0.325 e. The van der Waals surface area contributed by atoms with Crippen LogP contribution in [0.25, 0.3) is 0 Å². The molecule has 2 unspecified atom stereocenters. The molecule has 0 amide bonds. The van der Waals surface area contributed by atoms with E-state index in [0.717, 1.165) is 32.3 Å². The summed E-state index contributed by atoms with van der Waals surface area (Å²) >= 11 is 0. The monoisotopic (exact) mass is 273 g/mol. The van der Waals surface area contributed by atoms with Crippen LogP contribution in [-0.4, -0.2) is 44.0 Å². The first-order valence-corrected chi connectivity index (χ1v) is 7.21. The highest BCUT2D eigenvalue weighted by Gasteiger charge is 2.29. The summed E-state index contributed by atoms with van der Waals surface area (Å²) in [6.07, 6.45) is 4.90. The molecule has 0 aromatic heterocycles. The van der Waals surface area contributed by atoms with Crippen molar-refractivity contribution in [2.24, 2.45) is 5.73 Å². The Balaban J connectivity index is 2.01. The minimum Gasteiger partial charge on any atom is -0.465 e. The van der Waals surface area contributed by atoms with Gasteiger partial charge in [-0.05, 0) is 46.0 Å². The minimum atomic E-state index is -0.884. The van der Waals surface area contributed by atoms with Crippen molar-refractivity contribution in [2.75, 3.05) is 26.4 Å². The number of carbonyl (C=O) groups excluding carboxylic acids is 1. The van der Waals surface area contributed by atoms with Crippen molar-refractivity contribution in [3.63, 3.8) is 0 Å². The molecule has 0 aromatic rings. The summed E-state index contributed by atoms with van der Waals surface area (Å²) in [4.78, 5) is 11.6. The van der Waals surface area contributed by atoms with Crippen LogP contribution >= 0.6 is 0 Å². The predicted molar refractivity (Wildman–Crippen MR) is 72.9 cm³/mol. The first kappa shape index (κ1) is 16.4. The molecule has 1 aliphatic rings. The zero-order chi connectivity index (χ0) is 14.1. The fourth-order valence-corrected chi connectivity index (χ4v) is 2.08. The zero-order valence-corrected chi connectivity index (χ0v) is 12.2. The van der Waals surface area contributed by atoms with Crippen molar-refractivity contribution in [1.82, 2.24) is 0 Å². The highest BCUT2D eigenvalue weighted by atomic mass is 16.5. The van der Waals surface area contributed by atoms with E-state index in [-0.39, 0.29) is 12.1 Å². The summed E-state index contributed by atoms with van der Waals surface area (Å²) in [5.41, 5.74) is 5.04. The minimum absolute atomic E-state index is 0.277. The summed E-state index contributed by atoms with van der Waals surface area (Å²) < 4.78 is 16.0. The number of nitrogens with two attached hydrogens (primary N) is 1. The normalized spacial score (nSPS) is 22.2. The Labute approximate surface area is 115 Å². The number of hydrogen-bond donors (Lipinski definition) is 1. The van der Waals surface area contributed by atoms with Crippen LogP contribution in [0.15, 0.2) is 0 Å². The summed E-state index contributed by atoms with van der Waals surface area (Å²) in [5, 5.41) is 0. The first-order valence-electron chi connectivity index (χ1n) is 7.21. The van der Waals surface area contributed by atoms with E-state index >= 15 is 0 Å². The van der Waals surface area contributed by atoms with E-state index in [4.69, 9.17) is 19.9 Å². The molecule has 1 aliphatic heterocycles. The summed E-state index contributed by atoms with van der Waals surface area (Å²) in [7, 11) is 0. The zero-order valence-electron chi connectivity index (χ0n) is 12.2. The quantitative estimate of drug-likeness (QED) is 0.511. The lowest BCUT2D eigenvalue weighted by molar-refractivity contribution is -0.149. The molecule has 0 aromatic carbocycles. The van der Waals surface area contributed by atoms with Gasteiger partial charge in [-0.15, -0.1) is 0 Å². The van der Waals surface area contributed by atoms with Gasteiger partial charge in [0.05, 0.1) is 19.3 Å². The molecule has 5 nitrogen and oxygen atoms in total. The van der Waals surface area contributed by atoms with Crippen LogP contribution in [0.3, 0.4) is 0 Å². The van der Waals surface area contributed by atoms with Crippen molar-refractivity contribution < 1.29 is 19.0 Å². The molecule has 0 bridgehead atoms. The lowest BCUT2D eigenvalue weighted by atomic mass is 9.96. The Morgan fingerprint density at radius 3 is 2.89 bits per heavy atom. The van der Waals surface area contributed by atoms with E-state index in [1.807, 2.05) is 0 Å². The maximum absolute atomic E-state index is 11.6. The number of hydrogen-bond acceptors (Lipinski definition) is 5. The lowest BCUT2D eigenvalue weighted by Crippen LogP contribution is -2.46. The van der Waals surface area contributed by atoms with Gasteiger partial charge < -0.3 is 19.9 Å². The smallest absolute Gasteiger partial charge is 0.325 e. The third-order valence-corrected chi connectivity index (χ3v) is 3.30. The number of unbranched alkanes of at least 4 members (excludes halogenated alkanes) is 1. The Bertz CT molecular complexity index is 262. The molecular weight excluding hydrogens is 246 g/mol. The van der Waals surface area contributed by atoms with E-state index in [9.17, 15) is 4.79 Å². The van der Waals surface area contributed by atoms with Gasteiger partial charge in [0.25, 0.3) is 0 Å². The Kier molecular flexibility index (Phi) is 7.34. The van der Waals surface area contributed by atoms with Crippen molar-refractivity contribution in [2.45, 2.75) is 57.6 Å². The number of ether oxygens (including phenoxy) is 3. The molecule has 0 aliphatic carbocycles. The van der Waals surface area contributed by atoms with Crippen molar-refractivity contribution >= 4 is 5.97 Å². The second-order valence-corrected chi connectivity index (χ2v) is 5.30. The number of rotatable bonds is 9. The van der Waals surface area contributed by atoms with Gasteiger partial charge in [0, 0.05) is 13.2 Å². The average Bonchev–Trinajstić information content (AvgIpc) is 2.87. The lowest BCUT2D eigenvalue weighted by Gasteiger charge is -2.22. The molecule has 112 valence electrons. The second-order valence-electron chi connectivity index (χ2n) is 5.30. The fraction of sp³-hybridized carbons (Fsp3) is 0.929. The topological polar surface area (TPSA) is 70.8 Å². The molecule has 2 N–H and O–H groups in total. The van der Waals surface area contributed by atoms with Crippen LogP contribution < -0.4 is 5.73 Å². The largest absolute Gasteiger partial charge is 0.465 e. The second kappa shape index (κ2) is 8.51. The van der Waals surface area contributed by atoms with Gasteiger partial charge in [-0.1, -0.05) is 0 Å². The van der Waals surface area contributed by atoms with Gasteiger partial charge >= 0.3 is 5.97 Å². The Hall–Kier alpha value is -0.650.